The number of rotatable bonds is 14. The summed E-state index contributed by atoms with van der Waals surface area (Å²) < 4.78 is 68.1. The predicted molar refractivity (Wildman–Crippen MR) is 164 cm³/mol. The molecule has 3 aromatic rings. The predicted octanol–water partition coefficient (Wildman–Crippen LogP) is 3.37. The first-order chi connectivity index (χ1) is 18.9. The molecule has 0 aromatic heterocycles. The van der Waals surface area contributed by atoms with Crippen LogP contribution in [0.3, 0.4) is 0 Å². The van der Waals surface area contributed by atoms with Crippen LogP contribution in [0.5, 0.6) is 11.5 Å². The fourth-order valence-electron chi connectivity index (χ4n) is 4.33. The highest BCUT2D eigenvalue weighted by molar-refractivity contribution is 14.1. The van der Waals surface area contributed by atoms with Crippen LogP contribution in [0.15, 0.2) is 71.6 Å². The van der Waals surface area contributed by atoms with Gasteiger partial charge in [-0.2, -0.15) is 4.31 Å². The number of aryl methyl sites for hydroxylation is 1. The molecule has 2 atom stereocenters. The van der Waals surface area contributed by atoms with Gasteiger partial charge in [0.2, 0.25) is 20.0 Å². The highest BCUT2D eigenvalue weighted by atomic mass is 127. The van der Waals surface area contributed by atoms with Gasteiger partial charge >= 0.3 is 0 Å². The second kappa shape index (κ2) is 14.1. The molecule has 12 heteroatoms. The highest BCUT2D eigenvalue weighted by Crippen LogP contribution is 2.24. The summed E-state index contributed by atoms with van der Waals surface area (Å²) in [6, 6.07) is 17.4. The number of aliphatic hydroxyl groups is 1. The third-order valence-corrected chi connectivity index (χ3v) is 10.1. The zero-order chi connectivity index (χ0) is 29.5. The second-order valence-corrected chi connectivity index (χ2v) is 14.3. The van der Waals surface area contributed by atoms with Crippen LogP contribution in [0.25, 0.3) is 0 Å². The van der Waals surface area contributed by atoms with Crippen molar-refractivity contribution in [3.05, 3.63) is 87.0 Å². The molecular weight excluding hydrogens is 667 g/mol. The quantitative estimate of drug-likeness (QED) is 0.247. The summed E-state index contributed by atoms with van der Waals surface area (Å²) in [7, 11) is -4.71. The Morgan fingerprint density at radius 2 is 1.52 bits per heavy atom. The van der Waals surface area contributed by atoms with Crippen LogP contribution in [0, 0.1) is 10.5 Å². The van der Waals surface area contributed by atoms with Crippen molar-refractivity contribution in [1.29, 1.82) is 0 Å². The van der Waals surface area contributed by atoms with Crippen LogP contribution in [-0.4, -0.2) is 72.0 Å². The fourth-order valence-corrected chi connectivity index (χ4v) is 7.49. The molecule has 0 aliphatic heterocycles. The van der Waals surface area contributed by atoms with Gasteiger partial charge in [-0.25, -0.2) is 21.6 Å². The number of nitrogens with zero attached hydrogens (tertiary/aromatic N) is 1. The minimum Gasteiger partial charge on any atom is -0.497 e. The lowest BCUT2D eigenvalue weighted by atomic mass is 10.0. The number of aliphatic hydroxyl groups excluding tert-OH is 1. The van der Waals surface area contributed by atoms with Gasteiger partial charge in [-0.15, -0.1) is 0 Å². The summed E-state index contributed by atoms with van der Waals surface area (Å²) in [6.07, 6.45) is 1.49. The topological polar surface area (TPSA) is 122 Å². The SMILES string of the molecule is COc1ccc(C[C@@H](CO)N(C[C@H](Cc2ccc(OC)c(I)c2)NS(=O)(=O)c2ccc(C)cc2)S(C)(=O)=O)cc1. The monoisotopic (exact) mass is 702 g/mol. The van der Waals surface area contributed by atoms with Crippen LogP contribution in [0.2, 0.25) is 0 Å². The highest BCUT2D eigenvalue weighted by Gasteiger charge is 2.31. The van der Waals surface area contributed by atoms with Crippen molar-refractivity contribution in [2.45, 2.75) is 36.7 Å². The first-order valence-corrected chi connectivity index (χ1v) is 16.9. The van der Waals surface area contributed by atoms with E-state index in [1.165, 1.54) is 16.4 Å². The van der Waals surface area contributed by atoms with E-state index in [1.807, 2.05) is 19.1 Å². The number of methoxy groups -OCH3 is 2. The molecule has 0 aliphatic carbocycles. The van der Waals surface area contributed by atoms with E-state index in [4.69, 9.17) is 9.47 Å². The molecule has 40 heavy (non-hydrogen) atoms. The molecule has 0 unspecified atom stereocenters. The average Bonchev–Trinajstić information content (AvgIpc) is 2.90. The summed E-state index contributed by atoms with van der Waals surface area (Å²) >= 11 is 2.13. The molecule has 0 heterocycles. The van der Waals surface area contributed by atoms with Crippen molar-refractivity contribution in [3.8, 4) is 11.5 Å². The van der Waals surface area contributed by atoms with Crippen molar-refractivity contribution in [2.24, 2.45) is 0 Å². The standard InChI is InChI=1S/C28H35IN2O7S2/c1-20-5-12-26(13-6-20)40(35,36)30-23(15-22-9-14-28(38-3)27(29)17-22)18-31(39(4,33)34)24(19-32)16-21-7-10-25(37-2)11-8-21/h5-14,17,23-24,30,32H,15-16,18-19H2,1-4H3/t23-,24-/m0/s1. The Hall–Kier alpha value is -2.23. The number of benzene rings is 3. The number of ether oxygens (including phenoxy) is 2. The van der Waals surface area contributed by atoms with Gasteiger partial charge in [0.15, 0.2) is 0 Å². The molecule has 0 radical (unpaired) electrons. The zero-order valence-electron chi connectivity index (χ0n) is 22.9. The lowest BCUT2D eigenvalue weighted by molar-refractivity contribution is 0.180. The normalized spacial score (nSPS) is 13.7. The van der Waals surface area contributed by atoms with E-state index in [0.29, 0.717) is 11.5 Å². The molecule has 0 fully saturated rings. The van der Waals surface area contributed by atoms with Gasteiger partial charge in [0.05, 0.1) is 41.6 Å². The van der Waals surface area contributed by atoms with E-state index < -0.39 is 38.7 Å². The van der Waals surface area contributed by atoms with Crippen molar-refractivity contribution < 1.29 is 31.4 Å². The Kier molecular flexibility index (Phi) is 11.4. The van der Waals surface area contributed by atoms with E-state index in [2.05, 4.69) is 27.3 Å². The zero-order valence-corrected chi connectivity index (χ0v) is 26.7. The Labute approximate surface area is 250 Å². The maximum atomic E-state index is 13.4. The Morgan fingerprint density at radius 1 is 0.900 bits per heavy atom. The van der Waals surface area contributed by atoms with Gasteiger partial charge < -0.3 is 14.6 Å². The minimum absolute atomic E-state index is 0.0789. The van der Waals surface area contributed by atoms with Crippen molar-refractivity contribution in [2.75, 3.05) is 33.6 Å². The fraction of sp³-hybridized carbons (Fsp3) is 0.357. The second-order valence-electron chi connectivity index (χ2n) is 9.53. The molecule has 2 N–H and O–H groups in total. The molecule has 0 spiro atoms. The number of hydrogen-bond acceptors (Lipinski definition) is 7. The first-order valence-electron chi connectivity index (χ1n) is 12.5. The molecule has 0 saturated heterocycles. The largest absolute Gasteiger partial charge is 0.497 e. The average molecular weight is 703 g/mol. The first kappa shape index (κ1) is 32.3. The summed E-state index contributed by atoms with van der Waals surface area (Å²) in [5.74, 6) is 1.34. The molecule has 3 rings (SSSR count). The van der Waals surface area contributed by atoms with E-state index in [1.54, 1.807) is 56.7 Å². The summed E-state index contributed by atoms with van der Waals surface area (Å²) in [6.45, 7) is 1.23. The maximum Gasteiger partial charge on any atom is 0.240 e. The molecular formula is C28H35IN2O7S2. The van der Waals surface area contributed by atoms with Crippen LogP contribution in [-0.2, 0) is 32.9 Å². The van der Waals surface area contributed by atoms with Crippen molar-refractivity contribution in [1.82, 2.24) is 9.03 Å². The summed E-state index contributed by atoms with van der Waals surface area (Å²) in [4.78, 5) is 0.0789. The minimum atomic E-state index is -3.98. The van der Waals surface area contributed by atoms with Gasteiger partial charge in [0.25, 0.3) is 0 Å². The number of halogens is 1. The summed E-state index contributed by atoms with van der Waals surface area (Å²) in [5.41, 5.74) is 2.51. The van der Waals surface area contributed by atoms with E-state index in [0.717, 1.165) is 26.5 Å². The molecule has 3 aromatic carbocycles. The molecule has 0 aliphatic rings. The Bertz CT molecular complexity index is 1480. The van der Waals surface area contributed by atoms with Crippen LogP contribution < -0.4 is 14.2 Å². The van der Waals surface area contributed by atoms with Crippen molar-refractivity contribution >= 4 is 42.6 Å². The van der Waals surface area contributed by atoms with Crippen LogP contribution in [0.4, 0.5) is 0 Å². The third kappa shape index (κ3) is 8.88. The smallest absolute Gasteiger partial charge is 0.240 e. The van der Waals surface area contributed by atoms with E-state index >= 15 is 0 Å². The molecule has 0 amide bonds. The molecule has 9 nitrogen and oxygen atoms in total. The van der Waals surface area contributed by atoms with E-state index in [-0.39, 0.29) is 24.3 Å². The van der Waals surface area contributed by atoms with Crippen molar-refractivity contribution in [3.63, 3.8) is 0 Å². The van der Waals surface area contributed by atoms with Gasteiger partial charge in [-0.05, 0) is 89.9 Å². The Balaban J connectivity index is 1.96. The number of nitrogens with one attached hydrogen (secondary N) is 1. The van der Waals surface area contributed by atoms with Crippen LogP contribution in [0.1, 0.15) is 16.7 Å². The maximum absolute atomic E-state index is 13.4. The van der Waals surface area contributed by atoms with Gasteiger partial charge in [-0.3, -0.25) is 0 Å². The van der Waals surface area contributed by atoms with Gasteiger partial charge in [-0.1, -0.05) is 35.9 Å². The molecule has 0 saturated carbocycles. The third-order valence-electron chi connectivity index (χ3n) is 6.43. The lowest BCUT2D eigenvalue weighted by Gasteiger charge is -2.32. The number of sulfonamides is 2. The Morgan fingerprint density at radius 3 is 2.05 bits per heavy atom. The van der Waals surface area contributed by atoms with Crippen LogP contribution >= 0.6 is 22.6 Å². The van der Waals surface area contributed by atoms with Gasteiger partial charge in [0, 0.05) is 12.6 Å². The molecule has 218 valence electrons. The lowest BCUT2D eigenvalue weighted by Crippen LogP contribution is -2.51. The number of hydrogen-bond donors (Lipinski definition) is 2. The summed E-state index contributed by atoms with van der Waals surface area (Å²) in [5, 5.41) is 10.3. The molecule has 0 bridgehead atoms. The van der Waals surface area contributed by atoms with E-state index in [9.17, 15) is 21.9 Å². The van der Waals surface area contributed by atoms with Gasteiger partial charge in [0.1, 0.15) is 11.5 Å².